The lowest BCUT2D eigenvalue weighted by Gasteiger charge is -2.00. The maximum atomic E-state index is 12.8. The van der Waals surface area contributed by atoms with Gasteiger partial charge < -0.3 is 9.97 Å². The molecule has 0 fully saturated rings. The number of rotatable bonds is 4. The number of nitro groups is 1. The second-order valence-electron chi connectivity index (χ2n) is 6.25. The van der Waals surface area contributed by atoms with Crippen LogP contribution in [0.1, 0.15) is 11.3 Å². The number of nitrogens with one attached hydrogen (secondary N) is 3. The van der Waals surface area contributed by atoms with E-state index in [1.54, 1.807) is 19.1 Å². The summed E-state index contributed by atoms with van der Waals surface area (Å²) in [7, 11) is 0. The van der Waals surface area contributed by atoms with Crippen molar-refractivity contribution in [1.82, 2.24) is 19.7 Å². The predicted molar refractivity (Wildman–Crippen MR) is 112 cm³/mol. The van der Waals surface area contributed by atoms with Crippen LogP contribution in [0.4, 0.5) is 11.4 Å². The van der Waals surface area contributed by atoms with Crippen LogP contribution in [-0.4, -0.2) is 30.9 Å². The van der Waals surface area contributed by atoms with E-state index in [4.69, 9.17) is 0 Å². The summed E-state index contributed by atoms with van der Waals surface area (Å²) in [5.41, 5.74) is 1.06. The Morgan fingerprint density at radius 1 is 1.14 bits per heavy atom. The Labute approximate surface area is 170 Å². The Balaban J connectivity index is 1.79. The summed E-state index contributed by atoms with van der Waals surface area (Å²) < 4.78 is 2.24. The van der Waals surface area contributed by atoms with Crippen molar-refractivity contribution in [2.24, 2.45) is 4.99 Å². The Bertz CT molecular complexity index is 1390. The predicted octanol–water partition coefficient (Wildman–Crippen LogP) is 3.06. The Hall–Kier alpha value is -3.73. The van der Waals surface area contributed by atoms with Crippen LogP contribution in [0, 0.1) is 17.0 Å². The minimum Gasteiger partial charge on any atom is -0.306 e. The SMILES string of the molecule is Cc1[nH]n(-c2ccc(Br)cc2)c(=O)c1C=Nc1cc2[nH]c(=O)[nH]c2cc1[N+](=O)[O-]. The molecule has 0 spiro atoms. The van der Waals surface area contributed by atoms with Crippen molar-refractivity contribution < 1.29 is 4.92 Å². The van der Waals surface area contributed by atoms with Gasteiger partial charge in [-0.25, -0.2) is 14.5 Å². The van der Waals surface area contributed by atoms with Crippen LogP contribution in [0.25, 0.3) is 16.7 Å². The first-order valence-corrected chi connectivity index (χ1v) is 9.15. The number of halogens is 1. The molecule has 0 atom stereocenters. The molecule has 0 saturated carbocycles. The van der Waals surface area contributed by atoms with Crippen LogP contribution in [-0.2, 0) is 0 Å². The highest BCUT2D eigenvalue weighted by atomic mass is 79.9. The standard InChI is InChI=1S/C18H13BrN6O4/c1-9-12(17(26)24(23-9)11-4-2-10(19)3-5-11)8-20-15-6-13-14(22-18(27)21-13)7-16(15)25(28)29/h2-8,23H,1H3,(H2,21,22,27). The van der Waals surface area contributed by atoms with Gasteiger partial charge in [0.1, 0.15) is 5.69 Å². The zero-order valence-electron chi connectivity index (χ0n) is 14.9. The van der Waals surface area contributed by atoms with Crippen molar-refractivity contribution in [1.29, 1.82) is 0 Å². The van der Waals surface area contributed by atoms with Crippen molar-refractivity contribution in [3.05, 3.63) is 83.1 Å². The van der Waals surface area contributed by atoms with E-state index in [2.05, 4.69) is 36.0 Å². The number of aliphatic imine (C=N–C) groups is 1. The molecule has 0 amide bonds. The van der Waals surface area contributed by atoms with Gasteiger partial charge in [-0.05, 0) is 37.3 Å². The summed E-state index contributed by atoms with van der Waals surface area (Å²) in [4.78, 5) is 44.2. The van der Waals surface area contributed by atoms with Crippen molar-refractivity contribution in [3.63, 3.8) is 0 Å². The number of benzene rings is 2. The van der Waals surface area contributed by atoms with Crippen LogP contribution in [0.3, 0.4) is 0 Å². The Kier molecular flexibility index (Phi) is 4.51. The number of aromatic nitrogens is 4. The highest BCUT2D eigenvalue weighted by Crippen LogP contribution is 2.30. The van der Waals surface area contributed by atoms with Gasteiger partial charge >= 0.3 is 5.69 Å². The number of aromatic amines is 3. The molecule has 11 heteroatoms. The Morgan fingerprint density at radius 3 is 2.45 bits per heavy atom. The maximum absolute atomic E-state index is 12.8. The van der Waals surface area contributed by atoms with E-state index in [1.165, 1.54) is 23.0 Å². The lowest BCUT2D eigenvalue weighted by molar-refractivity contribution is -0.383. The van der Waals surface area contributed by atoms with Gasteiger partial charge in [0.25, 0.3) is 11.2 Å². The fraction of sp³-hybridized carbons (Fsp3) is 0.0556. The molecule has 0 saturated heterocycles. The number of nitrogens with zero attached hydrogens (tertiary/aromatic N) is 3. The summed E-state index contributed by atoms with van der Waals surface area (Å²) in [6.07, 6.45) is 1.28. The number of H-pyrrole nitrogens is 3. The lowest BCUT2D eigenvalue weighted by atomic mass is 10.2. The molecule has 29 heavy (non-hydrogen) atoms. The monoisotopic (exact) mass is 456 g/mol. The molecule has 0 radical (unpaired) electrons. The molecular formula is C18H13BrN6O4. The van der Waals surface area contributed by atoms with Crippen molar-refractivity contribution in [3.8, 4) is 5.69 Å². The van der Waals surface area contributed by atoms with Crippen LogP contribution < -0.4 is 11.2 Å². The van der Waals surface area contributed by atoms with E-state index in [-0.39, 0.29) is 22.5 Å². The topological polar surface area (TPSA) is 142 Å². The molecule has 3 N–H and O–H groups in total. The van der Waals surface area contributed by atoms with Gasteiger partial charge in [-0.3, -0.25) is 20.0 Å². The van der Waals surface area contributed by atoms with E-state index >= 15 is 0 Å². The third-order valence-electron chi connectivity index (χ3n) is 4.34. The first-order chi connectivity index (χ1) is 13.8. The third kappa shape index (κ3) is 3.43. The summed E-state index contributed by atoms with van der Waals surface area (Å²) >= 11 is 3.35. The average Bonchev–Trinajstić information content (AvgIpc) is 3.17. The van der Waals surface area contributed by atoms with Crippen LogP contribution >= 0.6 is 15.9 Å². The molecule has 0 aliphatic rings. The zero-order valence-corrected chi connectivity index (χ0v) is 16.5. The van der Waals surface area contributed by atoms with Gasteiger partial charge in [-0.2, -0.15) is 0 Å². The van der Waals surface area contributed by atoms with E-state index in [0.29, 0.717) is 22.4 Å². The second-order valence-corrected chi connectivity index (χ2v) is 7.16. The largest absolute Gasteiger partial charge is 0.323 e. The fourth-order valence-corrected chi connectivity index (χ4v) is 3.19. The van der Waals surface area contributed by atoms with Crippen molar-refractivity contribution >= 4 is 44.6 Å². The summed E-state index contributed by atoms with van der Waals surface area (Å²) in [5, 5.41) is 14.4. The van der Waals surface area contributed by atoms with Crippen molar-refractivity contribution in [2.75, 3.05) is 0 Å². The average molecular weight is 457 g/mol. The van der Waals surface area contributed by atoms with Crippen LogP contribution in [0.15, 0.2) is 55.5 Å². The van der Waals surface area contributed by atoms with E-state index in [1.807, 2.05) is 12.1 Å². The molecule has 2 aromatic heterocycles. The molecule has 146 valence electrons. The smallest absolute Gasteiger partial charge is 0.306 e. The molecule has 0 aliphatic carbocycles. The number of fused-ring (bicyclic) bond motifs is 1. The molecule has 0 aliphatic heterocycles. The first kappa shape index (κ1) is 18.6. The van der Waals surface area contributed by atoms with Crippen molar-refractivity contribution in [2.45, 2.75) is 6.92 Å². The normalized spacial score (nSPS) is 11.5. The molecule has 4 rings (SSSR count). The molecule has 2 heterocycles. The molecule has 0 unspecified atom stereocenters. The summed E-state index contributed by atoms with van der Waals surface area (Å²) in [6, 6.07) is 9.76. The molecule has 0 bridgehead atoms. The van der Waals surface area contributed by atoms with Gasteiger partial charge in [0.2, 0.25) is 0 Å². The fourth-order valence-electron chi connectivity index (χ4n) is 2.93. The summed E-state index contributed by atoms with van der Waals surface area (Å²) in [5.74, 6) is 0. The van der Waals surface area contributed by atoms with Gasteiger partial charge in [0.05, 0.1) is 27.2 Å². The minimum atomic E-state index is -0.596. The van der Waals surface area contributed by atoms with Crippen LogP contribution in [0.2, 0.25) is 0 Å². The zero-order chi connectivity index (χ0) is 20.7. The van der Waals surface area contributed by atoms with Gasteiger partial charge in [0, 0.05) is 22.4 Å². The quantitative estimate of drug-likeness (QED) is 0.246. The number of aryl methyl sites for hydroxylation is 1. The van der Waals surface area contributed by atoms with Crippen LogP contribution in [0.5, 0.6) is 0 Å². The molecule has 2 aromatic carbocycles. The van der Waals surface area contributed by atoms with E-state index < -0.39 is 10.6 Å². The maximum Gasteiger partial charge on any atom is 0.323 e. The van der Waals surface area contributed by atoms with E-state index in [0.717, 1.165) is 4.47 Å². The molecule has 4 aromatic rings. The number of nitro benzene ring substituents is 1. The number of hydrogen-bond acceptors (Lipinski definition) is 5. The first-order valence-electron chi connectivity index (χ1n) is 8.35. The van der Waals surface area contributed by atoms with Gasteiger partial charge in [-0.15, -0.1) is 0 Å². The highest BCUT2D eigenvalue weighted by molar-refractivity contribution is 9.10. The van der Waals surface area contributed by atoms with E-state index in [9.17, 15) is 19.7 Å². The number of imidazole rings is 1. The number of hydrogen-bond donors (Lipinski definition) is 3. The minimum absolute atomic E-state index is 0.0212. The highest BCUT2D eigenvalue weighted by Gasteiger charge is 2.17. The van der Waals surface area contributed by atoms with Gasteiger partial charge in [0.15, 0.2) is 0 Å². The second kappa shape index (κ2) is 7.02. The summed E-state index contributed by atoms with van der Waals surface area (Å²) in [6.45, 7) is 1.71. The lowest BCUT2D eigenvalue weighted by Crippen LogP contribution is -2.17. The molecular weight excluding hydrogens is 444 g/mol. The third-order valence-corrected chi connectivity index (χ3v) is 4.87. The van der Waals surface area contributed by atoms with Gasteiger partial charge in [-0.1, -0.05) is 15.9 Å². The Morgan fingerprint density at radius 2 is 1.79 bits per heavy atom. The molecule has 10 nitrogen and oxygen atoms in total.